The highest BCUT2D eigenvalue weighted by atomic mass is 16.6. The molecular weight excluding hydrogens is 284 g/mol. The zero-order valence-electron chi connectivity index (χ0n) is 12.9. The van der Waals surface area contributed by atoms with Crippen molar-refractivity contribution < 1.29 is 14.5 Å². The highest BCUT2D eigenvalue weighted by Crippen LogP contribution is 2.35. The monoisotopic (exact) mass is 306 g/mol. The van der Waals surface area contributed by atoms with Crippen molar-refractivity contribution in [3.8, 4) is 0 Å². The van der Waals surface area contributed by atoms with Gasteiger partial charge in [0.1, 0.15) is 5.54 Å². The van der Waals surface area contributed by atoms with Crippen LogP contribution in [-0.2, 0) is 16.1 Å². The number of rotatable bonds is 7. The van der Waals surface area contributed by atoms with Gasteiger partial charge in [0.15, 0.2) is 0 Å². The number of nitrogens with zero attached hydrogens (tertiary/aromatic N) is 2. The van der Waals surface area contributed by atoms with Crippen LogP contribution < -0.4 is 0 Å². The van der Waals surface area contributed by atoms with Crippen molar-refractivity contribution in [2.45, 2.75) is 38.3 Å². The zero-order chi connectivity index (χ0) is 16.0. The molecule has 0 aliphatic carbocycles. The molecule has 6 heteroatoms. The van der Waals surface area contributed by atoms with Gasteiger partial charge >= 0.3 is 5.97 Å². The van der Waals surface area contributed by atoms with Crippen LogP contribution >= 0.6 is 0 Å². The minimum absolute atomic E-state index is 0.200. The molecule has 0 spiro atoms. The number of nitro groups is 1. The number of ether oxygens (including phenoxy) is 1. The van der Waals surface area contributed by atoms with Crippen LogP contribution in [0.15, 0.2) is 30.3 Å². The molecule has 1 fully saturated rings. The van der Waals surface area contributed by atoms with Gasteiger partial charge in [-0.25, -0.2) is 0 Å². The summed E-state index contributed by atoms with van der Waals surface area (Å²) in [5.41, 5.74) is 0.234. The Bertz CT molecular complexity index is 520. The molecule has 1 saturated heterocycles. The third-order valence-electron chi connectivity index (χ3n) is 4.20. The quantitative estimate of drug-likeness (QED) is 0.439. The lowest BCUT2D eigenvalue weighted by molar-refractivity contribution is -0.482. The normalized spacial score (nSPS) is 21.7. The van der Waals surface area contributed by atoms with Gasteiger partial charge in [0.05, 0.1) is 6.61 Å². The van der Waals surface area contributed by atoms with E-state index in [-0.39, 0.29) is 30.5 Å². The van der Waals surface area contributed by atoms with E-state index in [1.165, 1.54) is 0 Å². The van der Waals surface area contributed by atoms with E-state index < -0.39 is 5.54 Å². The van der Waals surface area contributed by atoms with Gasteiger partial charge in [0.2, 0.25) is 6.54 Å². The number of hydrogen-bond donors (Lipinski definition) is 0. The molecule has 22 heavy (non-hydrogen) atoms. The zero-order valence-corrected chi connectivity index (χ0v) is 12.9. The Labute approximate surface area is 130 Å². The van der Waals surface area contributed by atoms with Gasteiger partial charge in [-0.2, -0.15) is 0 Å². The third-order valence-corrected chi connectivity index (χ3v) is 4.20. The van der Waals surface area contributed by atoms with Crippen molar-refractivity contribution in [2.75, 3.05) is 19.7 Å². The lowest BCUT2D eigenvalue weighted by atomic mass is 9.91. The highest BCUT2D eigenvalue weighted by molar-refractivity contribution is 5.81. The van der Waals surface area contributed by atoms with Gasteiger partial charge < -0.3 is 4.74 Å². The predicted molar refractivity (Wildman–Crippen MR) is 81.9 cm³/mol. The molecule has 6 nitrogen and oxygen atoms in total. The lowest BCUT2D eigenvalue weighted by Gasteiger charge is -2.35. The molecule has 1 aromatic carbocycles. The van der Waals surface area contributed by atoms with E-state index in [2.05, 4.69) is 0 Å². The van der Waals surface area contributed by atoms with Crippen LogP contribution in [0.1, 0.15) is 31.7 Å². The SMILES string of the molecule is CCOC(=O)C1(CC[N+](=O)[O-])CCCN1Cc1ccccc1. The number of benzene rings is 1. The Hall–Kier alpha value is -1.95. The summed E-state index contributed by atoms with van der Waals surface area (Å²) in [6, 6.07) is 9.85. The first-order chi connectivity index (χ1) is 10.6. The van der Waals surface area contributed by atoms with Crippen LogP contribution in [0, 0.1) is 10.1 Å². The summed E-state index contributed by atoms with van der Waals surface area (Å²) < 4.78 is 5.23. The molecule has 0 amide bonds. The second-order valence-corrected chi connectivity index (χ2v) is 5.57. The summed E-state index contributed by atoms with van der Waals surface area (Å²) >= 11 is 0. The predicted octanol–water partition coefficient (Wildman–Crippen LogP) is 2.25. The minimum atomic E-state index is -0.862. The standard InChI is InChI=1S/C16H22N2O4/c1-2-22-15(19)16(10-12-18(20)21)9-6-11-17(16)13-14-7-4-3-5-8-14/h3-5,7-8H,2,6,9-13H2,1H3. The molecule has 0 N–H and O–H groups in total. The topological polar surface area (TPSA) is 72.7 Å². The molecule has 0 radical (unpaired) electrons. The van der Waals surface area contributed by atoms with Gasteiger partial charge in [-0.05, 0) is 31.9 Å². The summed E-state index contributed by atoms with van der Waals surface area (Å²) in [5, 5.41) is 10.8. The molecule has 1 unspecified atom stereocenters. The van der Waals surface area contributed by atoms with E-state index in [1.807, 2.05) is 35.2 Å². The molecule has 0 saturated carbocycles. The fraction of sp³-hybridized carbons (Fsp3) is 0.562. The van der Waals surface area contributed by atoms with Crippen LogP contribution in [0.2, 0.25) is 0 Å². The van der Waals surface area contributed by atoms with Crippen LogP contribution in [-0.4, -0.2) is 41.0 Å². The third kappa shape index (κ3) is 3.62. The van der Waals surface area contributed by atoms with Gasteiger partial charge in [-0.3, -0.25) is 19.8 Å². The van der Waals surface area contributed by atoms with E-state index in [0.29, 0.717) is 13.0 Å². The van der Waals surface area contributed by atoms with Gasteiger partial charge in [0, 0.05) is 17.9 Å². The van der Waals surface area contributed by atoms with Crippen LogP contribution in [0.25, 0.3) is 0 Å². The van der Waals surface area contributed by atoms with Crippen molar-refractivity contribution in [2.24, 2.45) is 0 Å². The van der Waals surface area contributed by atoms with Gasteiger partial charge in [-0.15, -0.1) is 0 Å². The molecule has 0 bridgehead atoms. The first-order valence-corrected chi connectivity index (χ1v) is 7.66. The second kappa shape index (κ2) is 7.35. The molecular formula is C16H22N2O4. The van der Waals surface area contributed by atoms with E-state index in [9.17, 15) is 14.9 Å². The minimum Gasteiger partial charge on any atom is -0.465 e. The van der Waals surface area contributed by atoms with Crippen LogP contribution in [0.5, 0.6) is 0 Å². The molecule has 1 aliphatic heterocycles. The Morgan fingerprint density at radius 3 is 2.77 bits per heavy atom. The Balaban J connectivity index is 2.20. The second-order valence-electron chi connectivity index (χ2n) is 5.57. The number of hydrogen-bond acceptors (Lipinski definition) is 5. The van der Waals surface area contributed by atoms with Gasteiger partial charge in [0.25, 0.3) is 0 Å². The van der Waals surface area contributed by atoms with E-state index in [0.717, 1.165) is 18.5 Å². The molecule has 1 heterocycles. The molecule has 1 aromatic rings. The number of carbonyl (C=O) groups excluding carboxylic acids is 1. The largest absolute Gasteiger partial charge is 0.465 e. The fourth-order valence-electron chi connectivity index (χ4n) is 3.13. The van der Waals surface area contributed by atoms with Gasteiger partial charge in [-0.1, -0.05) is 30.3 Å². The molecule has 0 aromatic heterocycles. The number of likely N-dealkylation sites (tertiary alicyclic amines) is 1. The molecule has 1 aliphatic rings. The number of esters is 1. The summed E-state index contributed by atoms with van der Waals surface area (Å²) in [5.74, 6) is -0.328. The van der Waals surface area contributed by atoms with E-state index in [1.54, 1.807) is 6.92 Å². The maximum atomic E-state index is 12.5. The lowest BCUT2D eigenvalue weighted by Crippen LogP contribution is -2.52. The van der Waals surface area contributed by atoms with Crippen molar-refractivity contribution in [3.63, 3.8) is 0 Å². The summed E-state index contributed by atoms with van der Waals surface area (Å²) in [7, 11) is 0. The van der Waals surface area contributed by atoms with Crippen LogP contribution in [0.3, 0.4) is 0 Å². The fourth-order valence-corrected chi connectivity index (χ4v) is 3.13. The molecule has 1 atom stereocenters. The summed E-state index contributed by atoms with van der Waals surface area (Å²) in [4.78, 5) is 25.0. The molecule has 120 valence electrons. The van der Waals surface area contributed by atoms with Crippen molar-refractivity contribution in [1.82, 2.24) is 4.90 Å². The Morgan fingerprint density at radius 2 is 2.14 bits per heavy atom. The summed E-state index contributed by atoms with van der Waals surface area (Å²) in [6.45, 7) is 3.20. The summed E-state index contributed by atoms with van der Waals surface area (Å²) in [6.07, 6.45) is 1.67. The average Bonchev–Trinajstić information content (AvgIpc) is 2.90. The maximum absolute atomic E-state index is 12.5. The Morgan fingerprint density at radius 1 is 1.41 bits per heavy atom. The first kappa shape index (κ1) is 16.4. The Kier molecular flexibility index (Phi) is 5.49. The molecule has 2 rings (SSSR count). The van der Waals surface area contributed by atoms with Crippen molar-refractivity contribution in [3.05, 3.63) is 46.0 Å². The smallest absolute Gasteiger partial charge is 0.326 e. The maximum Gasteiger partial charge on any atom is 0.326 e. The van der Waals surface area contributed by atoms with E-state index >= 15 is 0 Å². The number of carbonyl (C=O) groups is 1. The van der Waals surface area contributed by atoms with Crippen molar-refractivity contribution in [1.29, 1.82) is 0 Å². The first-order valence-electron chi connectivity index (χ1n) is 7.66. The van der Waals surface area contributed by atoms with E-state index in [4.69, 9.17) is 4.74 Å². The average molecular weight is 306 g/mol. The van der Waals surface area contributed by atoms with Crippen LogP contribution in [0.4, 0.5) is 0 Å². The highest BCUT2D eigenvalue weighted by Gasteiger charge is 2.49. The van der Waals surface area contributed by atoms with Crippen molar-refractivity contribution >= 4 is 5.97 Å².